The van der Waals surface area contributed by atoms with Gasteiger partial charge in [0.2, 0.25) is 0 Å². The number of aliphatic imine (C=N–C) groups is 2. The van der Waals surface area contributed by atoms with Crippen LogP contribution in [0.2, 0.25) is 0 Å². The average molecular weight is 354 g/mol. The predicted molar refractivity (Wildman–Crippen MR) is 105 cm³/mol. The lowest BCUT2D eigenvalue weighted by Crippen LogP contribution is -2.43. The Balaban J connectivity index is 1.82. The Hall–Kier alpha value is -2.57. The third-order valence-electron chi connectivity index (χ3n) is 4.11. The number of aliphatic hydroxyl groups is 1. The number of amides is 1. The van der Waals surface area contributed by atoms with Gasteiger partial charge in [0.05, 0.1) is 6.10 Å². The molecule has 1 aromatic rings. The first-order valence-corrected chi connectivity index (χ1v) is 8.72. The van der Waals surface area contributed by atoms with Crippen molar-refractivity contribution in [2.75, 3.05) is 19.6 Å². The maximum Gasteiger partial charge on any atom is 0.270 e. The average Bonchev–Trinajstić information content (AvgIpc) is 2.65. The topological polar surface area (TPSA) is 77.3 Å². The SMILES string of the molecule is C=CN=C(/C=C\N=CC)C(=O)NCC(O)CN1CCc2ccccc2C1. The number of rotatable bonds is 8. The van der Waals surface area contributed by atoms with E-state index in [4.69, 9.17) is 0 Å². The summed E-state index contributed by atoms with van der Waals surface area (Å²) < 4.78 is 0. The van der Waals surface area contributed by atoms with E-state index in [2.05, 4.69) is 45.0 Å². The molecule has 0 saturated heterocycles. The van der Waals surface area contributed by atoms with Crippen LogP contribution in [0.1, 0.15) is 18.1 Å². The van der Waals surface area contributed by atoms with Gasteiger partial charge in [-0.25, -0.2) is 0 Å². The fourth-order valence-corrected chi connectivity index (χ4v) is 2.85. The number of hydrogen-bond acceptors (Lipinski definition) is 5. The highest BCUT2D eigenvalue weighted by atomic mass is 16.3. The number of aliphatic hydroxyl groups excluding tert-OH is 1. The summed E-state index contributed by atoms with van der Waals surface area (Å²) in [5.74, 6) is -0.365. The Bertz CT molecular complexity index is 710. The molecule has 6 nitrogen and oxygen atoms in total. The zero-order chi connectivity index (χ0) is 18.8. The van der Waals surface area contributed by atoms with Gasteiger partial charge in [-0.05, 0) is 30.5 Å². The van der Waals surface area contributed by atoms with Crippen LogP contribution in [0.3, 0.4) is 0 Å². The van der Waals surface area contributed by atoms with Gasteiger partial charge >= 0.3 is 0 Å². The van der Waals surface area contributed by atoms with Crippen molar-refractivity contribution in [2.24, 2.45) is 9.98 Å². The van der Waals surface area contributed by atoms with E-state index in [-0.39, 0.29) is 18.2 Å². The summed E-state index contributed by atoms with van der Waals surface area (Å²) in [4.78, 5) is 22.2. The number of carbonyl (C=O) groups is 1. The highest BCUT2D eigenvalue weighted by Crippen LogP contribution is 2.18. The molecule has 0 fully saturated rings. The number of β-amino-alcohol motifs (C(OH)–C–C–N with tert-alkyl or cyclic N) is 1. The standard InChI is InChI=1S/C20H26N4O2/c1-3-21-11-9-19(22-4-2)20(26)23-13-18(25)15-24-12-10-16-7-5-6-8-17(16)14-24/h3-9,11,18,25H,2,10,12-15H2,1H3,(H,23,26)/b11-9-,21-3?,22-19?. The maximum absolute atomic E-state index is 12.2. The molecule has 2 N–H and O–H groups in total. The minimum Gasteiger partial charge on any atom is -0.390 e. The van der Waals surface area contributed by atoms with E-state index >= 15 is 0 Å². The highest BCUT2D eigenvalue weighted by Gasteiger charge is 2.19. The first-order valence-electron chi connectivity index (χ1n) is 8.72. The van der Waals surface area contributed by atoms with Crippen LogP contribution in [0.4, 0.5) is 0 Å². The fourth-order valence-electron chi connectivity index (χ4n) is 2.85. The molecule has 0 bridgehead atoms. The molecule has 0 spiro atoms. The first kappa shape index (κ1) is 19.8. The number of carbonyl (C=O) groups excluding carboxylic acids is 1. The van der Waals surface area contributed by atoms with Crippen molar-refractivity contribution in [1.82, 2.24) is 10.2 Å². The fraction of sp³-hybridized carbons (Fsp3) is 0.350. The number of fused-ring (bicyclic) bond motifs is 1. The van der Waals surface area contributed by atoms with Crippen molar-refractivity contribution < 1.29 is 9.90 Å². The highest BCUT2D eigenvalue weighted by molar-refractivity contribution is 6.43. The van der Waals surface area contributed by atoms with Crippen LogP contribution in [-0.2, 0) is 17.8 Å². The maximum atomic E-state index is 12.2. The molecule has 1 unspecified atom stereocenters. The van der Waals surface area contributed by atoms with Crippen LogP contribution in [0, 0.1) is 0 Å². The summed E-state index contributed by atoms with van der Waals surface area (Å²) in [5, 5.41) is 13.0. The van der Waals surface area contributed by atoms with E-state index in [0.717, 1.165) is 19.5 Å². The van der Waals surface area contributed by atoms with Gasteiger partial charge in [0.15, 0.2) is 0 Å². The van der Waals surface area contributed by atoms with Gasteiger partial charge in [-0.1, -0.05) is 30.8 Å². The van der Waals surface area contributed by atoms with Crippen molar-refractivity contribution >= 4 is 17.8 Å². The molecule has 2 rings (SSSR count). The summed E-state index contributed by atoms with van der Waals surface area (Å²) in [5.41, 5.74) is 2.88. The van der Waals surface area contributed by atoms with Gasteiger partial charge in [-0.2, -0.15) is 0 Å². The quantitative estimate of drug-likeness (QED) is 0.698. The lowest BCUT2D eigenvalue weighted by molar-refractivity contribution is -0.115. The van der Waals surface area contributed by atoms with Crippen LogP contribution < -0.4 is 5.32 Å². The second-order valence-electron chi connectivity index (χ2n) is 6.04. The van der Waals surface area contributed by atoms with Crippen molar-refractivity contribution in [3.8, 4) is 0 Å². The molecule has 1 aromatic carbocycles. The van der Waals surface area contributed by atoms with E-state index in [0.29, 0.717) is 6.54 Å². The summed E-state index contributed by atoms with van der Waals surface area (Å²) in [6.07, 6.45) is 6.24. The van der Waals surface area contributed by atoms with E-state index in [1.807, 2.05) is 6.07 Å². The summed E-state index contributed by atoms with van der Waals surface area (Å²) >= 11 is 0. The van der Waals surface area contributed by atoms with Crippen LogP contribution >= 0.6 is 0 Å². The molecule has 0 saturated carbocycles. The smallest absolute Gasteiger partial charge is 0.270 e. The van der Waals surface area contributed by atoms with E-state index in [9.17, 15) is 9.90 Å². The van der Waals surface area contributed by atoms with Crippen LogP contribution in [0.5, 0.6) is 0 Å². The second-order valence-corrected chi connectivity index (χ2v) is 6.04. The third kappa shape index (κ3) is 6.06. The van der Waals surface area contributed by atoms with Crippen LogP contribution in [0.25, 0.3) is 0 Å². The van der Waals surface area contributed by atoms with Gasteiger partial charge in [0, 0.05) is 44.8 Å². The lowest BCUT2D eigenvalue weighted by atomic mass is 10.00. The molecular formula is C20H26N4O2. The monoisotopic (exact) mass is 354 g/mol. The van der Waals surface area contributed by atoms with Gasteiger partial charge in [0.1, 0.15) is 5.71 Å². The Morgan fingerprint density at radius 1 is 1.42 bits per heavy atom. The number of nitrogens with one attached hydrogen (secondary N) is 1. The third-order valence-corrected chi connectivity index (χ3v) is 4.11. The van der Waals surface area contributed by atoms with Crippen molar-refractivity contribution in [3.63, 3.8) is 0 Å². The van der Waals surface area contributed by atoms with Gasteiger partial charge in [-0.15, -0.1) is 0 Å². The lowest BCUT2D eigenvalue weighted by Gasteiger charge is -2.30. The van der Waals surface area contributed by atoms with Crippen LogP contribution in [-0.4, -0.2) is 53.6 Å². The molecule has 138 valence electrons. The summed E-state index contributed by atoms with van der Waals surface area (Å²) in [6, 6.07) is 8.37. The second kappa shape index (κ2) is 10.4. The van der Waals surface area contributed by atoms with Crippen molar-refractivity contribution in [1.29, 1.82) is 0 Å². The normalized spacial score (nSPS) is 16.6. The molecule has 1 amide bonds. The molecule has 1 heterocycles. The van der Waals surface area contributed by atoms with Gasteiger partial charge in [-0.3, -0.25) is 19.7 Å². The molecule has 1 aliphatic rings. The van der Waals surface area contributed by atoms with E-state index in [1.54, 1.807) is 13.1 Å². The predicted octanol–water partition coefficient (Wildman–Crippen LogP) is 1.71. The van der Waals surface area contributed by atoms with E-state index < -0.39 is 6.10 Å². The van der Waals surface area contributed by atoms with Crippen LogP contribution in [0.15, 0.2) is 59.3 Å². The Labute approximate surface area is 154 Å². The molecular weight excluding hydrogens is 328 g/mol. The number of benzene rings is 1. The zero-order valence-electron chi connectivity index (χ0n) is 15.1. The van der Waals surface area contributed by atoms with E-state index in [1.165, 1.54) is 29.6 Å². The minimum absolute atomic E-state index is 0.165. The Morgan fingerprint density at radius 3 is 2.92 bits per heavy atom. The molecule has 1 atom stereocenters. The van der Waals surface area contributed by atoms with Gasteiger partial charge < -0.3 is 10.4 Å². The number of nitrogens with zero attached hydrogens (tertiary/aromatic N) is 3. The molecule has 6 heteroatoms. The largest absolute Gasteiger partial charge is 0.390 e. The molecule has 0 aromatic heterocycles. The summed E-state index contributed by atoms with van der Waals surface area (Å²) in [6.45, 7) is 7.69. The van der Waals surface area contributed by atoms with Gasteiger partial charge in [0.25, 0.3) is 5.91 Å². The zero-order valence-corrected chi connectivity index (χ0v) is 15.1. The first-order chi connectivity index (χ1) is 12.6. The minimum atomic E-state index is -0.646. The molecule has 26 heavy (non-hydrogen) atoms. The Kier molecular flexibility index (Phi) is 7.92. The van der Waals surface area contributed by atoms with Crippen molar-refractivity contribution in [3.05, 3.63) is 60.4 Å². The Morgan fingerprint density at radius 2 is 2.19 bits per heavy atom. The molecule has 1 aliphatic heterocycles. The van der Waals surface area contributed by atoms with Crippen molar-refractivity contribution in [2.45, 2.75) is 26.0 Å². The summed E-state index contributed by atoms with van der Waals surface area (Å²) in [7, 11) is 0. The molecule has 0 radical (unpaired) electrons. The molecule has 0 aliphatic carbocycles. The number of hydrogen-bond donors (Lipinski definition) is 2.